The van der Waals surface area contributed by atoms with Crippen molar-refractivity contribution in [2.75, 3.05) is 0 Å². The molecule has 0 aliphatic heterocycles. The molecule has 0 radical (unpaired) electrons. The quantitative estimate of drug-likeness (QED) is 0.515. The lowest BCUT2D eigenvalue weighted by Crippen LogP contribution is -2.48. The van der Waals surface area contributed by atoms with E-state index < -0.39 is 6.04 Å². The summed E-state index contributed by atoms with van der Waals surface area (Å²) in [4.78, 5) is 20.9. The number of nitrogens with two attached hydrogens (primary N) is 1. The molecule has 2 saturated carbocycles. The van der Waals surface area contributed by atoms with Crippen molar-refractivity contribution in [3.63, 3.8) is 0 Å². The molecule has 4 N–H and O–H groups in total. The van der Waals surface area contributed by atoms with Crippen molar-refractivity contribution in [1.29, 1.82) is 0 Å². The Morgan fingerprint density at radius 2 is 1.96 bits per heavy atom. The Morgan fingerprint density at radius 3 is 2.42 bits per heavy atom. The monoisotopic (exact) mass is 356 g/mol. The highest BCUT2D eigenvalue weighted by Crippen LogP contribution is 2.50. The number of rotatable bonds is 7. The van der Waals surface area contributed by atoms with Crippen molar-refractivity contribution in [2.24, 2.45) is 33.5 Å². The average molecular weight is 356 g/mol. The maximum atomic E-state index is 12.5. The van der Waals surface area contributed by atoms with E-state index in [0.29, 0.717) is 29.3 Å². The Kier molecular flexibility index (Phi) is 5.36. The van der Waals surface area contributed by atoms with Gasteiger partial charge in [0.2, 0.25) is 5.91 Å². The normalized spacial score (nSPS) is 19.6. The maximum Gasteiger partial charge on any atom is 0.242 e. The van der Waals surface area contributed by atoms with Gasteiger partial charge < -0.3 is 11.1 Å². The standard InChI is InChI=1S/C19H28N6O/c1-10-16(11(2)25-24-10)15(21-4)9-22-12(3)23-19(26)18(20)17(13-5-6-13)14-7-8-14/h9,13-14,17-18H,4-8,20H2,1-3H3,(H,24,25)(H,22,23,26)/b15-9-/t18-/m0/s1. The second kappa shape index (κ2) is 7.53. The van der Waals surface area contributed by atoms with Gasteiger partial charge in [-0.1, -0.05) is 0 Å². The zero-order chi connectivity index (χ0) is 18.8. The fourth-order valence-corrected chi connectivity index (χ4v) is 3.67. The summed E-state index contributed by atoms with van der Waals surface area (Å²) >= 11 is 0. The fraction of sp³-hybridized carbons (Fsp3) is 0.579. The summed E-state index contributed by atoms with van der Waals surface area (Å²) in [6.45, 7) is 9.17. The van der Waals surface area contributed by atoms with Crippen LogP contribution in [0.15, 0.2) is 16.2 Å². The van der Waals surface area contributed by atoms with Gasteiger partial charge in [0.05, 0.1) is 23.6 Å². The second-order valence-electron chi connectivity index (χ2n) is 7.46. The number of nitrogens with one attached hydrogen (secondary N) is 2. The number of hydrogen-bond acceptors (Lipinski definition) is 5. The predicted octanol–water partition coefficient (Wildman–Crippen LogP) is 2.32. The highest BCUT2D eigenvalue weighted by atomic mass is 16.2. The number of aromatic nitrogens is 2. The molecule has 2 aliphatic carbocycles. The number of aryl methyl sites for hydroxylation is 2. The molecule has 0 bridgehead atoms. The van der Waals surface area contributed by atoms with Gasteiger partial charge in [0.25, 0.3) is 0 Å². The van der Waals surface area contributed by atoms with Crippen molar-refractivity contribution in [2.45, 2.75) is 52.5 Å². The number of nitrogens with zero attached hydrogens (tertiary/aromatic N) is 3. The number of H-pyrrole nitrogens is 1. The third-order valence-corrected chi connectivity index (χ3v) is 5.29. The molecule has 0 saturated heterocycles. The van der Waals surface area contributed by atoms with E-state index in [9.17, 15) is 4.79 Å². The molecule has 3 rings (SSSR count). The summed E-state index contributed by atoms with van der Waals surface area (Å²) in [5.74, 6) is 1.93. The minimum atomic E-state index is -0.459. The first-order chi connectivity index (χ1) is 12.4. The molecule has 1 heterocycles. The van der Waals surface area contributed by atoms with Gasteiger partial charge >= 0.3 is 0 Å². The molecule has 2 fully saturated rings. The lowest BCUT2D eigenvalue weighted by atomic mass is 9.89. The third kappa shape index (κ3) is 4.09. The molecular weight excluding hydrogens is 328 g/mol. The van der Waals surface area contributed by atoms with Crippen LogP contribution < -0.4 is 11.1 Å². The maximum absolute atomic E-state index is 12.5. The van der Waals surface area contributed by atoms with Gasteiger partial charge in [0, 0.05) is 11.3 Å². The van der Waals surface area contributed by atoms with Crippen LogP contribution in [0.25, 0.3) is 5.70 Å². The van der Waals surface area contributed by atoms with E-state index in [1.54, 1.807) is 13.1 Å². The zero-order valence-corrected chi connectivity index (χ0v) is 15.7. The van der Waals surface area contributed by atoms with Gasteiger partial charge in [-0.25, -0.2) is 4.99 Å². The van der Waals surface area contributed by atoms with E-state index in [1.165, 1.54) is 25.7 Å². The van der Waals surface area contributed by atoms with E-state index in [0.717, 1.165) is 17.0 Å². The number of aliphatic imine (C=N–C) groups is 2. The van der Waals surface area contributed by atoms with E-state index in [4.69, 9.17) is 5.73 Å². The molecule has 140 valence electrons. The Bertz CT molecular complexity index is 723. The van der Waals surface area contributed by atoms with Gasteiger partial charge in [-0.15, -0.1) is 0 Å². The zero-order valence-electron chi connectivity index (χ0n) is 15.7. The minimum Gasteiger partial charge on any atom is -0.320 e. The summed E-state index contributed by atoms with van der Waals surface area (Å²) in [6, 6.07) is -0.459. The van der Waals surface area contributed by atoms with Gasteiger partial charge in [0.1, 0.15) is 5.84 Å². The highest BCUT2D eigenvalue weighted by molar-refractivity contribution is 5.99. The van der Waals surface area contributed by atoms with Crippen molar-refractivity contribution >= 4 is 24.2 Å². The number of carbonyl (C=O) groups excluding carboxylic acids is 1. The molecule has 1 atom stereocenters. The first-order valence-corrected chi connectivity index (χ1v) is 9.22. The van der Waals surface area contributed by atoms with Crippen LogP contribution in [0, 0.1) is 31.6 Å². The molecular formula is C19H28N6O. The van der Waals surface area contributed by atoms with Gasteiger partial charge in [-0.2, -0.15) is 5.10 Å². The van der Waals surface area contributed by atoms with Crippen LogP contribution in [0.4, 0.5) is 0 Å². The van der Waals surface area contributed by atoms with Crippen molar-refractivity contribution in [3.8, 4) is 0 Å². The third-order valence-electron chi connectivity index (χ3n) is 5.29. The Labute approximate surface area is 154 Å². The lowest BCUT2D eigenvalue weighted by molar-refractivity contribution is -0.122. The van der Waals surface area contributed by atoms with Crippen LogP contribution in [0.5, 0.6) is 0 Å². The molecule has 2 aliphatic rings. The van der Waals surface area contributed by atoms with E-state index >= 15 is 0 Å². The van der Waals surface area contributed by atoms with Gasteiger partial charge in [-0.3, -0.25) is 14.9 Å². The molecule has 7 nitrogen and oxygen atoms in total. The molecule has 0 aromatic carbocycles. The van der Waals surface area contributed by atoms with E-state index in [-0.39, 0.29) is 5.91 Å². The number of amides is 1. The summed E-state index contributed by atoms with van der Waals surface area (Å²) in [5.41, 5.74) is 9.49. The lowest BCUT2D eigenvalue weighted by Gasteiger charge is -2.22. The first-order valence-electron chi connectivity index (χ1n) is 9.22. The summed E-state index contributed by atoms with van der Waals surface area (Å²) in [7, 11) is 0. The van der Waals surface area contributed by atoms with E-state index in [2.05, 4.69) is 32.2 Å². The van der Waals surface area contributed by atoms with Crippen LogP contribution in [0.2, 0.25) is 0 Å². The Balaban J connectivity index is 1.67. The summed E-state index contributed by atoms with van der Waals surface area (Å²) in [5, 5.41) is 9.91. The van der Waals surface area contributed by atoms with Crippen LogP contribution in [-0.4, -0.2) is 34.7 Å². The van der Waals surface area contributed by atoms with Crippen molar-refractivity contribution in [1.82, 2.24) is 15.5 Å². The van der Waals surface area contributed by atoms with Crippen LogP contribution in [0.3, 0.4) is 0 Å². The molecule has 26 heavy (non-hydrogen) atoms. The summed E-state index contributed by atoms with van der Waals surface area (Å²) < 4.78 is 0. The topological polar surface area (TPSA) is 109 Å². The second-order valence-corrected chi connectivity index (χ2v) is 7.46. The number of carbonyl (C=O) groups is 1. The average Bonchev–Trinajstić information content (AvgIpc) is 3.51. The van der Waals surface area contributed by atoms with Crippen LogP contribution in [-0.2, 0) is 4.79 Å². The molecule has 1 aromatic rings. The molecule has 1 aromatic heterocycles. The smallest absolute Gasteiger partial charge is 0.242 e. The molecule has 7 heteroatoms. The van der Waals surface area contributed by atoms with Crippen LogP contribution >= 0.6 is 0 Å². The Hall–Kier alpha value is -2.28. The largest absolute Gasteiger partial charge is 0.320 e. The molecule has 1 amide bonds. The van der Waals surface area contributed by atoms with Crippen LogP contribution in [0.1, 0.15) is 49.6 Å². The highest BCUT2D eigenvalue weighted by Gasteiger charge is 2.46. The minimum absolute atomic E-state index is 0.146. The molecule has 0 spiro atoms. The van der Waals surface area contributed by atoms with Gasteiger partial charge in [-0.05, 0) is 70.9 Å². The van der Waals surface area contributed by atoms with Gasteiger partial charge in [0.15, 0.2) is 0 Å². The number of aromatic amines is 1. The SMILES string of the molecule is C=N/C(=C\N=C(C)NC(=O)[C@@H](N)C(C1CC1)C1CC1)c1c(C)n[nH]c1C. The summed E-state index contributed by atoms with van der Waals surface area (Å²) in [6.07, 6.45) is 6.41. The predicted molar refractivity (Wildman–Crippen MR) is 104 cm³/mol. The Morgan fingerprint density at radius 1 is 1.35 bits per heavy atom. The number of hydrogen-bond donors (Lipinski definition) is 3. The molecule has 0 unspecified atom stereocenters. The van der Waals surface area contributed by atoms with Crippen molar-refractivity contribution < 1.29 is 4.79 Å². The van der Waals surface area contributed by atoms with Crippen molar-refractivity contribution in [3.05, 3.63) is 23.2 Å². The van der Waals surface area contributed by atoms with E-state index in [1.807, 2.05) is 13.8 Å². The first kappa shape index (κ1) is 18.5. The fourth-order valence-electron chi connectivity index (χ4n) is 3.67. The number of amidine groups is 1.